The molecule has 6 nitrogen and oxygen atoms in total. The molecular formula is C16H24N2O4. The Morgan fingerprint density at radius 2 is 2.14 bits per heavy atom. The fourth-order valence-corrected chi connectivity index (χ4v) is 3.08. The lowest BCUT2D eigenvalue weighted by molar-refractivity contribution is -0.137. The van der Waals surface area contributed by atoms with Crippen molar-refractivity contribution >= 4 is 5.97 Å². The first-order chi connectivity index (χ1) is 10.4. The lowest BCUT2D eigenvalue weighted by Crippen LogP contribution is -2.38. The summed E-state index contributed by atoms with van der Waals surface area (Å²) in [6, 6.07) is 1.76. The molecule has 0 spiro atoms. The van der Waals surface area contributed by atoms with Gasteiger partial charge in [-0.3, -0.25) is 14.5 Å². The highest BCUT2D eigenvalue weighted by Crippen LogP contribution is 2.23. The third kappa shape index (κ3) is 3.68. The molecule has 2 heterocycles. The number of hydrogen-bond donors (Lipinski definition) is 2. The van der Waals surface area contributed by atoms with E-state index in [1.807, 2.05) is 0 Å². The predicted octanol–water partition coefficient (Wildman–Crippen LogP) is 1.71. The van der Waals surface area contributed by atoms with Gasteiger partial charge in [-0.1, -0.05) is 6.42 Å². The summed E-state index contributed by atoms with van der Waals surface area (Å²) in [7, 11) is 0. The van der Waals surface area contributed by atoms with E-state index in [1.54, 1.807) is 11.5 Å². The number of aliphatic carboxylic acids is 1. The van der Waals surface area contributed by atoms with Gasteiger partial charge in [-0.25, -0.2) is 0 Å². The number of carboxylic acids is 1. The van der Waals surface area contributed by atoms with Crippen LogP contribution in [0.25, 0.3) is 0 Å². The van der Waals surface area contributed by atoms with Crippen molar-refractivity contribution in [3.63, 3.8) is 0 Å². The van der Waals surface area contributed by atoms with Gasteiger partial charge in [0.05, 0.1) is 12.1 Å². The molecule has 1 atom stereocenters. The summed E-state index contributed by atoms with van der Waals surface area (Å²) >= 11 is 0. The van der Waals surface area contributed by atoms with Gasteiger partial charge in [-0.05, 0) is 33.2 Å². The molecule has 1 aliphatic heterocycles. The van der Waals surface area contributed by atoms with Crippen molar-refractivity contribution in [1.82, 2.24) is 9.47 Å². The van der Waals surface area contributed by atoms with Crippen molar-refractivity contribution in [2.45, 2.75) is 58.7 Å². The summed E-state index contributed by atoms with van der Waals surface area (Å²) in [6.45, 7) is 5.58. The average molecular weight is 308 g/mol. The first-order valence-corrected chi connectivity index (χ1v) is 7.78. The molecule has 22 heavy (non-hydrogen) atoms. The van der Waals surface area contributed by atoms with E-state index in [9.17, 15) is 14.7 Å². The minimum atomic E-state index is -0.894. The molecule has 0 bridgehead atoms. The predicted molar refractivity (Wildman–Crippen MR) is 83.1 cm³/mol. The van der Waals surface area contributed by atoms with E-state index in [2.05, 4.69) is 11.8 Å². The highest BCUT2D eigenvalue weighted by molar-refractivity contribution is 5.66. The number of aromatic hydroxyl groups is 1. The molecule has 1 fully saturated rings. The van der Waals surface area contributed by atoms with E-state index in [0.717, 1.165) is 19.4 Å². The van der Waals surface area contributed by atoms with Crippen molar-refractivity contribution in [3.8, 4) is 5.75 Å². The molecule has 0 saturated carbocycles. The molecule has 1 aromatic rings. The van der Waals surface area contributed by atoms with E-state index in [0.29, 0.717) is 24.0 Å². The molecule has 1 aliphatic rings. The number of pyridine rings is 1. The van der Waals surface area contributed by atoms with Crippen LogP contribution < -0.4 is 5.43 Å². The number of aryl methyl sites for hydroxylation is 1. The van der Waals surface area contributed by atoms with Gasteiger partial charge in [0.15, 0.2) is 5.75 Å². The van der Waals surface area contributed by atoms with Gasteiger partial charge < -0.3 is 14.8 Å². The molecule has 0 radical (unpaired) electrons. The second kappa shape index (κ2) is 6.96. The van der Waals surface area contributed by atoms with Crippen LogP contribution in [0.3, 0.4) is 0 Å². The zero-order chi connectivity index (χ0) is 16.3. The van der Waals surface area contributed by atoms with Crippen molar-refractivity contribution in [2.24, 2.45) is 0 Å². The monoisotopic (exact) mass is 308 g/mol. The summed E-state index contributed by atoms with van der Waals surface area (Å²) in [5, 5.41) is 19.1. The second-order valence-electron chi connectivity index (χ2n) is 6.06. The number of hydrogen-bond acceptors (Lipinski definition) is 4. The molecule has 2 N–H and O–H groups in total. The zero-order valence-corrected chi connectivity index (χ0v) is 13.2. The summed E-state index contributed by atoms with van der Waals surface area (Å²) < 4.78 is 1.76. The smallest absolute Gasteiger partial charge is 0.305 e. The van der Waals surface area contributed by atoms with Crippen LogP contribution in [-0.4, -0.2) is 38.2 Å². The SMILES string of the molecule is Cc1cc(=O)c(O)c(CN2CCCCC2C)n1CCC(=O)O. The highest BCUT2D eigenvalue weighted by atomic mass is 16.4. The van der Waals surface area contributed by atoms with E-state index in [1.165, 1.54) is 12.5 Å². The second-order valence-corrected chi connectivity index (χ2v) is 6.06. The largest absolute Gasteiger partial charge is 0.503 e. The van der Waals surface area contributed by atoms with Crippen molar-refractivity contribution < 1.29 is 15.0 Å². The normalized spacial score (nSPS) is 19.3. The van der Waals surface area contributed by atoms with Crippen molar-refractivity contribution in [2.75, 3.05) is 6.54 Å². The molecular weight excluding hydrogens is 284 g/mol. The third-order valence-corrected chi connectivity index (χ3v) is 4.44. The van der Waals surface area contributed by atoms with Crippen LogP contribution in [0.5, 0.6) is 5.75 Å². The summed E-state index contributed by atoms with van der Waals surface area (Å²) in [5.74, 6) is -1.15. The Bertz CT molecular complexity index is 609. The van der Waals surface area contributed by atoms with Gasteiger partial charge in [0.2, 0.25) is 5.43 Å². The fraction of sp³-hybridized carbons (Fsp3) is 0.625. The van der Waals surface area contributed by atoms with Crippen LogP contribution in [0.15, 0.2) is 10.9 Å². The molecule has 0 aromatic carbocycles. The molecule has 122 valence electrons. The average Bonchev–Trinajstić information content (AvgIpc) is 2.45. The quantitative estimate of drug-likeness (QED) is 0.865. The number of nitrogens with zero attached hydrogens (tertiary/aromatic N) is 2. The topological polar surface area (TPSA) is 82.8 Å². The van der Waals surface area contributed by atoms with Gasteiger partial charge in [0.25, 0.3) is 0 Å². The maximum atomic E-state index is 11.9. The van der Waals surface area contributed by atoms with Gasteiger partial charge in [-0.15, -0.1) is 0 Å². The lowest BCUT2D eigenvalue weighted by atomic mass is 10.0. The van der Waals surface area contributed by atoms with Crippen LogP contribution >= 0.6 is 0 Å². The number of piperidine rings is 1. The Morgan fingerprint density at radius 1 is 1.41 bits per heavy atom. The molecule has 6 heteroatoms. The molecule has 1 unspecified atom stereocenters. The Balaban J connectivity index is 2.34. The van der Waals surface area contributed by atoms with E-state index in [-0.39, 0.29) is 18.7 Å². The molecule has 0 aliphatic carbocycles. The van der Waals surface area contributed by atoms with Crippen LogP contribution in [-0.2, 0) is 17.9 Å². The summed E-state index contributed by atoms with van der Waals surface area (Å²) in [4.78, 5) is 25.0. The number of carboxylic acid groups (broad SMARTS) is 1. The number of carbonyl (C=O) groups is 1. The Kier molecular flexibility index (Phi) is 5.24. The first-order valence-electron chi connectivity index (χ1n) is 7.78. The van der Waals surface area contributed by atoms with Crippen molar-refractivity contribution in [1.29, 1.82) is 0 Å². The number of likely N-dealkylation sites (tertiary alicyclic amines) is 1. The maximum absolute atomic E-state index is 11.9. The fourth-order valence-electron chi connectivity index (χ4n) is 3.08. The van der Waals surface area contributed by atoms with Gasteiger partial charge >= 0.3 is 5.97 Å². The molecule has 1 aromatic heterocycles. The lowest BCUT2D eigenvalue weighted by Gasteiger charge is -2.34. The molecule has 2 rings (SSSR count). The van der Waals surface area contributed by atoms with Crippen LogP contribution in [0.1, 0.15) is 44.0 Å². The van der Waals surface area contributed by atoms with Crippen LogP contribution in [0, 0.1) is 6.92 Å². The van der Waals surface area contributed by atoms with Crippen LogP contribution in [0.4, 0.5) is 0 Å². The Hall–Kier alpha value is -1.82. The molecule has 1 saturated heterocycles. The van der Waals surface area contributed by atoms with E-state index >= 15 is 0 Å². The zero-order valence-electron chi connectivity index (χ0n) is 13.2. The highest BCUT2D eigenvalue weighted by Gasteiger charge is 2.22. The maximum Gasteiger partial charge on any atom is 0.305 e. The summed E-state index contributed by atoms with van der Waals surface area (Å²) in [6.07, 6.45) is 3.37. The number of rotatable bonds is 5. The number of aromatic nitrogens is 1. The van der Waals surface area contributed by atoms with E-state index < -0.39 is 11.4 Å². The van der Waals surface area contributed by atoms with E-state index in [4.69, 9.17) is 5.11 Å². The minimum Gasteiger partial charge on any atom is -0.503 e. The van der Waals surface area contributed by atoms with Crippen molar-refractivity contribution in [3.05, 3.63) is 27.7 Å². The third-order valence-electron chi connectivity index (χ3n) is 4.44. The standard InChI is InChI=1S/C16H24N2O4/c1-11-5-3-4-7-17(11)10-13-16(22)14(19)9-12(2)18(13)8-6-15(20)21/h9,11,22H,3-8,10H2,1-2H3,(H,20,21). The molecule has 0 amide bonds. The first kappa shape index (κ1) is 16.5. The summed E-state index contributed by atoms with van der Waals surface area (Å²) in [5.41, 5.74) is 0.812. The van der Waals surface area contributed by atoms with Gasteiger partial charge in [0, 0.05) is 30.9 Å². The minimum absolute atomic E-state index is 0.0360. The van der Waals surface area contributed by atoms with Gasteiger partial charge in [0.1, 0.15) is 0 Å². The van der Waals surface area contributed by atoms with Gasteiger partial charge in [-0.2, -0.15) is 0 Å². The van der Waals surface area contributed by atoms with Crippen LogP contribution in [0.2, 0.25) is 0 Å². The Labute approximate surface area is 130 Å². The Morgan fingerprint density at radius 3 is 2.77 bits per heavy atom.